The van der Waals surface area contributed by atoms with E-state index in [0.29, 0.717) is 6.42 Å². The van der Waals surface area contributed by atoms with Crippen LogP contribution in [-0.4, -0.2) is 23.7 Å². The molecular weight excluding hydrogens is 152 g/mol. The number of nitrogens with two attached hydrogens (primary N) is 2. The van der Waals surface area contributed by atoms with Gasteiger partial charge >= 0.3 is 11.9 Å². The molecule has 0 rings (SSSR count). The third-order valence-corrected chi connectivity index (χ3v) is 0.612. The Labute approximate surface area is 64.1 Å². The molecule has 0 saturated carbocycles. The largest absolute Gasteiger partial charge is 0.473 e. The van der Waals surface area contributed by atoms with Crippen molar-refractivity contribution < 1.29 is 19.4 Å². The molecule has 0 aromatic rings. The monoisotopic (exact) mass is 164 g/mol. The Morgan fingerprint density at radius 2 is 1.91 bits per heavy atom. The molecule has 6 heteroatoms. The van der Waals surface area contributed by atoms with E-state index in [-0.39, 0.29) is 6.61 Å². The fraction of sp³-hybridized carbons (Fsp3) is 0.600. The minimum Gasteiger partial charge on any atom is -0.473 e. The van der Waals surface area contributed by atoms with E-state index in [4.69, 9.17) is 5.11 Å². The summed E-state index contributed by atoms with van der Waals surface area (Å²) in [5, 5.41) is 7.93. The molecule has 0 radical (unpaired) electrons. The van der Waals surface area contributed by atoms with Crippen LogP contribution in [0.3, 0.4) is 0 Å². The van der Waals surface area contributed by atoms with E-state index in [1.54, 1.807) is 6.92 Å². The van der Waals surface area contributed by atoms with Crippen LogP contribution in [0, 0.1) is 0 Å². The zero-order valence-corrected chi connectivity index (χ0v) is 6.24. The van der Waals surface area contributed by atoms with Crippen molar-refractivity contribution in [2.24, 2.45) is 11.7 Å². The number of hydrazine groups is 1. The van der Waals surface area contributed by atoms with Gasteiger partial charge < -0.3 is 9.84 Å². The van der Waals surface area contributed by atoms with Gasteiger partial charge in [0.1, 0.15) is 0 Å². The molecule has 0 aliphatic carbocycles. The Hall–Kier alpha value is -1.14. The van der Waals surface area contributed by atoms with Crippen molar-refractivity contribution >= 4 is 11.9 Å². The van der Waals surface area contributed by atoms with Crippen molar-refractivity contribution in [3.8, 4) is 0 Å². The fourth-order valence-corrected chi connectivity index (χ4v) is 0.256. The van der Waals surface area contributed by atoms with Gasteiger partial charge in [-0.05, 0) is 6.42 Å². The number of carbonyl (C=O) groups excluding carboxylic acids is 1. The number of hydrogen-bond donors (Lipinski definition) is 3. The van der Waals surface area contributed by atoms with Crippen LogP contribution in [0.5, 0.6) is 0 Å². The molecule has 0 spiro atoms. The van der Waals surface area contributed by atoms with E-state index in [1.807, 2.05) is 0 Å². The predicted molar refractivity (Wildman–Crippen MR) is 37.3 cm³/mol. The minimum absolute atomic E-state index is 0.172. The summed E-state index contributed by atoms with van der Waals surface area (Å²) in [7, 11) is 0. The highest BCUT2D eigenvalue weighted by Crippen LogP contribution is 1.81. The third-order valence-electron chi connectivity index (χ3n) is 0.612. The molecule has 5 N–H and O–H groups in total. The molecule has 6 nitrogen and oxygen atoms in total. The van der Waals surface area contributed by atoms with Gasteiger partial charge in [-0.25, -0.2) is 9.59 Å². The Bertz CT molecular complexity index is 126. The van der Waals surface area contributed by atoms with Crippen molar-refractivity contribution in [2.75, 3.05) is 6.61 Å². The zero-order valence-electron chi connectivity index (χ0n) is 6.24. The number of carbonyl (C=O) groups is 2. The average molecular weight is 164 g/mol. The summed E-state index contributed by atoms with van der Waals surface area (Å²) in [4.78, 5) is 19.8. The van der Waals surface area contributed by atoms with Crippen LogP contribution in [0.2, 0.25) is 0 Å². The molecule has 0 bridgehead atoms. The van der Waals surface area contributed by atoms with Crippen LogP contribution >= 0.6 is 0 Å². The highest BCUT2D eigenvalue weighted by Gasteiger charge is 2.10. The van der Waals surface area contributed by atoms with Crippen LogP contribution in [-0.2, 0) is 14.3 Å². The van der Waals surface area contributed by atoms with E-state index < -0.39 is 11.9 Å². The minimum atomic E-state index is -1.54. The molecule has 0 unspecified atom stereocenters. The number of ether oxygens (including phenoxy) is 1. The van der Waals surface area contributed by atoms with Crippen molar-refractivity contribution in [3.63, 3.8) is 0 Å². The van der Waals surface area contributed by atoms with Gasteiger partial charge in [-0.15, -0.1) is 0 Å². The molecule has 0 fully saturated rings. The lowest BCUT2D eigenvalue weighted by Gasteiger charge is -1.95. The summed E-state index contributed by atoms with van der Waals surface area (Å²) in [6, 6.07) is 0. The lowest BCUT2D eigenvalue weighted by molar-refractivity contribution is -0.163. The molecule has 0 aliphatic heterocycles. The Morgan fingerprint density at radius 1 is 1.45 bits per heavy atom. The quantitative estimate of drug-likeness (QED) is 0.205. The van der Waals surface area contributed by atoms with Gasteiger partial charge in [-0.1, -0.05) is 6.92 Å². The summed E-state index contributed by atoms with van der Waals surface area (Å²) in [6.07, 6.45) is 0.638. The first-order valence-electron chi connectivity index (χ1n) is 2.92. The van der Waals surface area contributed by atoms with Crippen molar-refractivity contribution in [1.82, 2.24) is 0 Å². The molecule has 0 aromatic heterocycles. The molecule has 0 heterocycles. The molecule has 11 heavy (non-hydrogen) atoms. The summed E-state index contributed by atoms with van der Waals surface area (Å²) in [5.41, 5.74) is 0. The summed E-state index contributed by atoms with van der Waals surface area (Å²) in [5.74, 6) is 5.28. The van der Waals surface area contributed by atoms with E-state index in [2.05, 4.69) is 16.4 Å². The van der Waals surface area contributed by atoms with Gasteiger partial charge in [0, 0.05) is 0 Å². The Kier molecular flexibility index (Phi) is 10.1. The van der Waals surface area contributed by atoms with Gasteiger partial charge in [0.25, 0.3) is 0 Å². The number of carboxylic acids is 1. The SMILES string of the molecule is CCCOC(=O)C(=O)O.NN. The van der Waals surface area contributed by atoms with Crippen LogP contribution < -0.4 is 11.7 Å². The lowest BCUT2D eigenvalue weighted by atomic mass is 10.5. The van der Waals surface area contributed by atoms with Crippen LogP contribution in [0.4, 0.5) is 0 Å². The highest BCUT2D eigenvalue weighted by molar-refractivity contribution is 6.28. The van der Waals surface area contributed by atoms with Gasteiger partial charge in [0.05, 0.1) is 6.61 Å². The average Bonchev–Trinajstić information content (AvgIpc) is 2.03. The second-order valence-corrected chi connectivity index (χ2v) is 1.44. The van der Waals surface area contributed by atoms with E-state index in [0.717, 1.165) is 0 Å². The number of aliphatic carboxylic acids is 1. The maximum absolute atomic E-state index is 10.1. The molecule has 66 valence electrons. The maximum atomic E-state index is 10.1. The number of rotatable bonds is 2. The number of esters is 1. The van der Waals surface area contributed by atoms with E-state index >= 15 is 0 Å². The van der Waals surface area contributed by atoms with Crippen molar-refractivity contribution in [3.05, 3.63) is 0 Å². The van der Waals surface area contributed by atoms with Gasteiger partial charge in [0.15, 0.2) is 0 Å². The van der Waals surface area contributed by atoms with Crippen LogP contribution in [0.1, 0.15) is 13.3 Å². The van der Waals surface area contributed by atoms with Crippen LogP contribution in [0.25, 0.3) is 0 Å². The molecule has 0 aliphatic rings. The second-order valence-electron chi connectivity index (χ2n) is 1.44. The maximum Gasteiger partial charge on any atom is 0.417 e. The summed E-state index contributed by atoms with van der Waals surface area (Å²) < 4.78 is 4.21. The molecular formula is C5H12N2O4. The third kappa shape index (κ3) is 8.86. The van der Waals surface area contributed by atoms with E-state index in [9.17, 15) is 9.59 Å². The number of carboxylic acid groups (broad SMARTS) is 1. The normalized spacial score (nSPS) is 7.55. The second kappa shape index (κ2) is 8.86. The zero-order chi connectivity index (χ0) is 9.28. The summed E-state index contributed by atoms with van der Waals surface area (Å²) >= 11 is 0. The number of hydrogen-bond acceptors (Lipinski definition) is 5. The smallest absolute Gasteiger partial charge is 0.417 e. The molecule has 0 amide bonds. The molecule has 0 atom stereocenters. The predicted octanol–water partition coefficient (Wildman–Crippen LogP) is -1.16. The first kappa shape index (κ1) is 12.5. The first-order valence-corrected chi connectivity index (χ1v) is 2.92. The molecule has 0 aromatic carbocycles. The first-order chi connectivity index (χ1) is 5.18. The topological polar surface area (TPSA) is 116 Å². The fourth-order valence-electron chi connectivity index (χ4n) is 0.256. The lowest BCUT2D eigenvalue weighted by Crippen LogP contribution is -2.16. The Balaban J connectivity index is 0. The van der Waals surface area contributed by atoms with E-state index in [1.165, 1.54) is 0 Å². The van der Waals surface area contributed by atoms with Gasteiger partial charge in [-0.3, -0.25) is 11.7 Å². The molecule has 0 saturated heterocycles. The Morgan fingerprint density at radius 3 is 2.18 bits per heavy atom. The van der Waals surface area contributed by atoms with Gasteiger partial charge in [0.2, 0.25) is 0 Å². The summed E-state index contributed by atoms with van der Waals surface area (Å²) in [6.45, 7) is 1.96. The van der Waals surface area contributed by atoms with Gasteiger partial charge in [-0.2, -0.15) is 0 Å². The highest BCUT2D eigenvalue weighted by atomic mass is 16.6. The standard InChI is InChI=1S/C5H8O4.H4N2/c1-2-3-9-5(8)4(6)7;1-2/h2-3H2,1H3,(H,6,7);1-2H2. The van der Waals surface area contributed by atoms with Crippen molar-refractivity contribution in [2.45, 2.75) is 13.3 Å². The van der Waals surface area contributed by atoms with Crippen LogP contribution in [0.15, 0.2) is 0 Å². The van der Waals surface area contributed by atoms with Crippen molar-refractivity contribution in [1.29, 1.82) is 0 Å².